The maximum atomic E-state index is 12.1. The van der Waals surface area contributed by atoms with Crippen molar-refractivity contribution in [3.8, 4) is 0 Å². The van der Waals surface area contributed by atoms with Gasteiger partial charge in [-0.1, -0.05) is 6.07 Å². The van der Waals surface area contributed by atoms with E-state index in [9.17, 15) is 20.0 Å². The van der Waals surface area contributed by atoms with Gasteiger partial charge in [0.1, 0.15) is 5.76 Å². The summed E-state index contributed by atoms with van der Waals surface area (Å²) in [5, 5.41) is 23.8. The highest BCUT2D eigenvalue weighted by Crippen LogP contribution is 2.19. The van der Waals surface area contributed by atoms with Gasteiger partial charge in [-0.15, -0.1) is 0 Å². The van der Waals surface area contributed by atoms with Gasteiger partial charge in [-0.05, 0) is 32.0 Å². The Balaban J connectivity index is 2.02. The molecule has 2 rings (SSSR count). The van der Waals surface area contributed by atoms with Crippen LogP contribution in [-0.2, 0) is 6.42 Å². The summed E-state index contributed by atoms with van der Waals surface area (Å²) >= 11 is 0. The third-order valence-corrected chi connectivity index (χ3v) is 3.43. The van der Waals surface area contributed by atoms with E-state index in [-0.39, 0.29) is 24.2 Å². The number of benzene rings is 1. The first kappa shape index (κ1) is 16.7. The van der Waals surface area contributed by atoms with Crippen molar-refractivity contribution < 1.29 is 19.2 Å². The minimum atomic E-state index is -1.19. The lowest BCUT2D eigenvalue weighted by Gasteiger charge is -2.22. The van der Waals surface area contributed by atoms with E-state index in [0.29, 0.717) is 11.3 Å². The molecule has 1 amide bonds. The number of nitrogens with zero attached hydrogens (tertiary/aromatic N) is 1. The quantitative estimate of drug-likeness (QED) is 0.627. The normalized spacial score (nSPS) is 13.3. The predicted molar refractivity (Wildman–Crippen MR) is 83.2 cm³/mol. The smallest absolute Gasteiger partial charge is 0.273 e. The maximum absolute atomic E-state index is 12.1. The van der Waals surface area contributed by atoms with E-state index >= 15 is 0 Å². The molecule has 0 spiro atoms. The minimum absolute atomic E-state index is 0.00575. The van der Waals surface area contributed by atoms with Crippen LogP contribution in [0.5, 0.6) is 0 Å². The standard InChI is InChI=1S/C16H18N2O5/c1-11-5-6-12(8-14(11)18(21)22)15(19)17-10-16(2,20)9-13-4-3-7-23-13/h3-8,20H,9-10H2,1-2H3,(H,17,19). The molecule has 7 nitrogen and oxygen atoms in total. The van der Waals surface area contributed by atoms with Crippen LogP contribution in [-0.4, -0.2) is 28.1 Å². The molecule has 1 atom stereocenters. The summed E-state index contributed by atoms with van der Waals surface area (Å²) in [6, 6.07) is 7.72. The monoisotopic (exact) mass is 318 g/mol. The molecule has 23 heavy (non-hydrogen) atoms. The zero-order chi connectivity index (χ0) is 17.0. The van der Waals surface area contributed by atoms with E-state index in [4.69, 9.17) is 4.42 Å². The van der Waals surface area contributed by atoms with E-state index in [2.05, 4.69) is 5.32 Å². The van der Waals surface area contributed by atoms with Crippen LogP contribution in [0.3, 0.4) is 0 Å². The number of nitro benzene ring substituents is 1. The number of amides is 1. The van der Waals surface area contributed by atoms with Crippen molar-refractivity contribution in [2.24, 2.45) is 0 Å². The van der Waals surface area contributed by atoms with E-state index in [1.807, 2.05) is 0 Å². The van der Waals surface area contributed by atoms with Crippen molar-refractivity contribution in [2.45, 2.75) is 25.9 Å². The Morgan fingerprint density at radius 3 is 2.78 bits per heavy atom. The van der Waals surface area contributed by atoms with Gasteiger partial charge in [0.05, 0.1) is 16.8 Å². The van der Waals surface area contributed by atoms with Gasteiger partial charge in [-0.25, -0.2) is 0 Å². The zero-order valence-corrected chi connectivity index (χ0v) is 12.9. The SMILES string of the molecule is Cc1ccc(C(=O)NCC(C)(O)Cc2ccco2)cc1[N+](=O)[O-]. The Morgan fingerprint density at radius 1 is 1.43 bits per heavy atom. The van der Waals surface area contributed by atoms with Crippen molar-refractivity contribution in [1.82, 2.24) is 5.32 Å². The fourth-order valence-electron chi connectivity index (χ4n) is 2.17. The van der Waals surface area contributed by atoms with Gasteiger partial charge in [-0.2, -0.15) is 0 Å². The molecule has 0 aliphatic heterocycles. The summed E-state index contributed by atoms with van der Waals surface area (Å²) in [6.45, 7) is 3.18. The van der Waals surface area contributed by atoms with E-state index in [0.717, 1.165) is 0 Å². The maximum Gasteiger partial charge on any atom is 0.273 e. The Labute approximate surface area is 133 Å². The average molecular weight is 318 g/mol. The second kappa shape index (κ2) is 6.62. The van der Waals surface area contributed by atoms with Crippen LogP contribution in [0, 0.1) is 17.0 Å². The van der Waals surface area contributed by atoms with Crippen LogP contribution in [0.4, 0.5) is 5.69 Å². The van der Waals surface area contributed by atoms with Crippen molar-refractivity contribution in [2.75, 3.05) is 6.54 Å². The first-order valence-corrected chi connectivity index (χ1v) is 7.06. The lowest BCUT2D eigenvalue weighted by molar-refractivity contribution is -0.385. The second-order valence-corrected chi connectivity index (χ2v) is 5.69. The number of hydrogen-bond donors (Lipinski definition) is 2. The summed E-state index contributed by atoms with van der Waals surface area (Å²) in [7, 11) is 0. The van der Waals surface area contributed by atoms with Gasteiger partial charge in [-0.3, -0.25) is 14.9 Å². The number of furan rings is 1. The largest absolute Gasteiger partial charge is 0.469 e. The Kier molecular flexibility index (Phi) is 4.80. The van der Waals surface area contributed by atoms with Gasteiger partial charge in [0.15, 0.2) is 0 Å². The number of rotatable bonds is 6. The van der Waals surface area contributed by atoms with Gasteiger partial charge >= 0.3 is 0 Å². The van der Waals surface area contributed by atoms with Crippen LogP contribution < -0.4 is 5.32 Å². The number of nitrogens with one attached hydrogen (secondary N) is 1. The fraction of sp³-hybridized carbons (Fsp3) is 0.312. The molecule has 0 fully saturated rings. The van der Waals surface area contributed by atoms with Crippen LogP contribution in [0.15, 0.2) is 41.0 Å². The average Bonchev–Trinajstić information content (AvgIpc) is 2.97. The molecule has 2 N–H and O–H groups in total. The molecule has 122 valence electrons. The summed E-state index contributed by atoms with van der Waals surface area (Å²) < 4.78 is 5.17. The number of carbonyl (C=O) groups is 1. The minimum Gasteiger partial charge on any atom is -0.469 e. The molecule has 1 heterocycles. The molecule has 0 aliphatic carbocycles. The molecule has 1 aromatic carbocycles. The van der Waals surface area contributed by atoms with Gasteiger partial charge < -0.3 is 14.8 Å². The van der Waals surface area contributed by atoms with Gasteiger partial charge in [0, 0.05) is 30.2 Å². The molecular formula is C16H18N2O5. The van der Waals surface area contributed by atoms with E-state index in [1.54, 1.807) is 26.0 Å². The third kappa shape index (κ3) is 4.40. The summed E-state index contributed by atoms with van der Waals surface area (Å²) in [4.78, 5) is 22.5. The molecular weight excluding hydrogens is 300 g/mol. The number of carbonyl (C=O) groups excluding carboxylic acids is 1. The summed E-state index contributed by atoms with van der Waals surface area (Å²) in [6.07, 6.45) is 1.75. The van der Waals surface area contributed by atoms with Crippen LogP contribution in [0.2, 0.25) is 0 Å². The van der Waals surface area contributed by atoms with Crippen molar-refractivity contribution in [3.05, 3.63) is 63.6 Å². The molecule has 1 aromatic heterocycles. The highest BCUT2D eigenvalue weighted by molar-refractivity contribution is 5.95. The highest BCUT2D eigenvalue weighted by Gasteiger charge is 2.24. The summed E-state index contributed by atoms with van der Waals surface area (Å²) in [5.74, 6) is 0.128. The number of hydrogen-bond acceptors (Lipinski definition) is 5. The Bertz CT molecular complexity index is 707. The number of aryl methyl sites for hydroxylation is 1. The molecule has 0 saturated carbocycles. The van der Waals surface area contributed by atoms with Crippen molar-refractivity contribution in [3.63, 3.8) is 0 Å². The van der Waals surface area contributed by atoms with Crippen molar-refractivity contribution >= 4 is 11.6 Å². The van der Waals surface area contributed by atoms with Crippen LogP contribution >= 0.6 is 0 Å². The second-order valence-electron chi connectivity index (χ2n) is 5.69. The van der Waals surface area contributed by atoms with Crippen molar-refractivity contribution in [1.29, 1.82) is 0 Å². The predicted octanol–water partition coefficient (Wildman–Crippen LogP) is 2.22. The molecule has 0 saturated heterocycles. The lowest BCUT2D eigenvalue weighted by atomic mass is 10.0. The molecule has 0 aliphatic rings. The van der Waals surface area contributed by atoms with E-state index < -0.39 is 16.4 Å². The first-order chi connectivity index (χ1) is 10.8. The number of nitro groups is 1. The molecule has 0 radical (unpaired) electrons. The van der Waals surface area contributed by atoms with E-state index in [1.165, 1.54) is 24.5 Å². The first-order valence-electron chi connectivity index (χ1n) is 7.06. The summed E-state index contributed by atoms with van der Waals surface area (Å²) in [5.41, 5.74) is -0.642. The Morgan fingerprint density at radius 2 is 2.17 bits per heavy atom. The highest BCUT2D eigenvalue weighted by atomic mass is 16.6. The third-order valence-electron chi connectivity index (χ3n) is 3.43. The molecule has 2 aromatic rings. The molecule has 1 unspecified atom stereocenters. The fourth-order valence-corrected chi connectivity index (χ4v) is 2.17. The van der Waals surface area contributed by atoms with Gasteiger partial charge in [0.2, 0.25) is 0 Å². The van der Waals surface area contributed by atoms with Gasteiger partial charge in [0.25, 0.3) is 11.6 Å². The van der Waals surface area contributed by atoms with Crippen LogP contribution in [0.1, 0.15) is 28.6 Å². The topological polar surface area (TPSA) is 106 Å². The zero-order valence-electron chi connectivity index (χ0n) is 12.9. The molecule has 7 heteroatoms. The van der Waals surface area contributed by atoms with Crippen LogP contribution in [0.25, 0.3) is 0 Å². The number of aliphatic hydroxyl groups is 1. The Hall–Kier alpha value is -2.67. The lowest BCUT2D eigenvalue weighted by Crippen LogP contribution is -2.42. The molecule has 0 bridgehead atoms.